The summed E-state index contributed by atoms with van der Waals surface area (Å²) in [4.78, 5) is 0. The Balaban J connectivity index is 2.57. The second-order valence-electron chi connectivity index (χ2n) is 5.22. The maximum atomic E-state index is 6.09. The minimum absolute atomic E-state index is 0.482. The van der Waals surface area contributed by atoms with Crippen LogP contribution in [0.4, 0.5) is 0 Å². The maximum absolute atomic E-state index is 6.09. The zero-order valence-electron chi connectivity index (χ0n) is 11.6. The van der Waals surface area contributed by atoms with Crippen molar-refractivity contribution in [1.82, 2.24) is 0 Å². The molecular weight excluding hydrogens is 220 g/mol. The third-order valence-corrected chi connectivity index (χ3v) is 3.61. The average Bonchev–Trinajstić information content (AvgIpc) is 2.73. The summed E-state index contributed by atoms with van der Waals surface area (Å²) in [6.45, 7) is 10.7. The number of para-hydroxylation sites is 1. The van der Waals surface area contributed by atoms with E-state index in [2.05, 4.69) is 39.5 Å². The van der Waals surface area contributed by atoms with Crippen LogP contribution in [0, 0.1) is 5.92 Å². The van der Waals surface area contributed by atoms with Crippen LogP contribution >= 0.6 is 0 Å². The Morgan fingerprint density at radius 1 is 1.28 bits per heavy atom. The summed E-state index contributed by atoms with van der Waals surface area (Å²) in [5.41, 5.74) is 2.15. The van der Waals surface area contributed by atoms with Gasteiger partial charge in [-0.3, -0.25) is 0 Å². The fourth-order valence-electron chi connectivity index (χ4n) is 2.65. The van der Waals surface area contributed by atoms with Crippen LogP contribution in [-0.2, 0) is 0 Å². The standard InChI is InChI=1S/C17H22O/c1-5-9-14(12(3)4)17-13(6-2)15-10-7-8-11-16(15)18-17/h6-8,10-12,14H,2,5,9H2,1,3-4H3. The lowest BCUT2D eigenvalue weighted by Crippen LogP contribution is -2.06. The van der Waals surface area contributed by atoms with Gasteiger partial charge in [-0.25, -0.2) is 0 Å². The SMILES string of the molecule is C=Cc1c(C(CCC)C(C)C)oc2ccccc12. The van der Waals surface area contributed by atoms with Gasteiger partial charge in [-0.05, 0) is 18.4 Å². The minimum atomic E-state index is 0.482. The molecule has 1 aromatic heterocycles. The molecule has 0 aliphatic rings. The van der Waals surface area contributed by atoms with Crippen LogP contribution in [0.3, 0.4) is 0 Å². The van der Waals surface area contributed by atoms with Gasteiger partial charge in [-0.2, -0.15) is 0 Å². The van der Waals surface area contributed by atoms with Crippen molar-refractivity contribution in [2.45, 2.75) is 39.5 Å². The molecule has 0 fully saturated rings. The van der Waals surface area contributed by atoms with Gasteiger partial charge in [0.1, 0.15) is 11.3 Å². The Labute approximate surface area is 110 Å². The molecule has 0 amide bonds. The second kappa shape index (κ2) is 5.43. The van der Waals surface area contributed by atoms with Gasteiger partial charge >= 0.3 is 0 Å². The molecular formula is C17H22O. The fourth-order valence-corrected chi connectivity index (χ4v) is 2.65. The second-order valence-corrected chi connectivity index (χ2v) is 5.22. The van der Waals surface area contributed by atoms with Crippen LogP contribution in [0.25, 0.3) is 17.0 Å². The molecule has 0 N–H and O–H groups in total. The predicted octanol–water partition coefficient (Wildman–Crippen LogP) is 5.62. The zero-order valence-corrected chi connectivity index (χ0v) is 11.6. The maximum Gasteiger partial charge on any atom is 0.134 e. The third kappa shape index (κ3) is 2.22. The first kappa shape index (κ1) is 12.9. The Hall–Kier alpha value is -1.50. The van der Waals surface area contributed by atoms with E-state index < -0.39 is 0 Å². The van der Waals surface area contributed by atoms with E-state index in [1.54, 1.807) is 0 Å². The van der Waals surface area contributed by atoms with Gasteiger partial charge in [0, 0.05) is 16.9 Å². The number of rotatable bonds is 5. The normalized spacial score (nSPS) is 13.1. The number of benzene rings is 1. The molecule has 0 bridgehead atoms. The van der Waals surface area contributed by atoms with E-state index in [4.69, 9.17) is 4.42 Å². The summed E-state index contributed by atoms with van der Waals surface area (Å²) >= 11 is 0. The van der Waals surface area contributed by atoms with Crippen molar-refractivity contribution in [2.24, 2.45) is 5.92 Å². The lowest BCUT2D eigenvalue weighted by Gasteiger charge is -2.18. The number of fused-ring (bicyclic) bond motifs is 1. The van der Waals surface area contributed by atoms with Gasteiger partial charge in [-0.15, -0.1) is 0 Å². The van der Waals surface area contributed by atoms with Gasteiger partial charge in [0.2, 0.25) is 0 Å². The summed E-state index contributed by atoms with van der Waals surface area (Å²) < 4.78 is 6.09. The Kier molecular flexibility index (Phi) is 3.90. The third-order valence-electron chi connectivity index (χ3n) is 3.61. The molecule has 96 valence electrons. The number of furan rings is 1. The van der Waals surface area contributed by atoms with E-state index in [0.29, 0.717) is 11.8 Å². The van der Waals surface area contributed by atoms with Gasteiger partial charge < -0.3 is 4.42 Å². The molecule has 1 nitrogen and oxygen atoms in total. The highest BCUT2D eigenvalue weighted by Gasteiger charge is 2.23. The van der Waals surface area contributed by atoms with Crippen molar-refractivity contribution in [1.29, 1.82) is 0 Å². The molecule has 0 spiro atoms. The van der Waals surface area contributed by atoms with Gasteiger partial charge in [0.05, 0.1) is 0 Å². The van der Waals surface area contributed by atoms with Crippen molar-refractivity contribution >= 4 is 17.0 Å². The molecule has 0 aliphatic heterocycles. The first-order valence-corrected chi connectivity index (χ1v) is 6.82. The quantitative estimate of drug-likeness (QED) is 0.663. The van der Waals surface area contributed by atoms with Crippen molar-refractivity contribution in [3.05, 3.63) is 42.2 Å². The van der Waals surface area contributed by atoms with Crippen LogP contribution < -0.4 is 0 Å². The summed E-state index contributed by atoms with van der Waals surface area (Å²) in [7, 11) is 0. The largest absolute Gasteiger partial charge is 0.460 e. The molecule has 1 heterocycles. The van der Waals surface area contributed by atoms with E-state index >= 15 is 0 Å². The highest BCUT2D eigenvalue weighted by Crippen LogP contribution is 2.37. The van der Waals surface area contributed by atoms with E-state index in [0.717, 1.165) is 11.3 Å². The molecule has 0 radical (unpaired) electrons. The molecule has 2 rings (SSSR count). The van der Waals surface area contributed by atoms with E-state index in [-0.39, 0.29) is 0 Å². The van der Waals surface area contributed by atoms with Gasteiger partial charge in [-0.1, -0.05) is 58.0 Å². The fraction of sp³-hybridized carbons (Fsp3) is 0.412. The van der Waals surface area contributed by atoms with Crippen molar-refractivity contribution in [2.75, 3.05) is 0 Å². The molecule has 0 saturated carbocycles. The first-order valence-electron chi connectivity index (χ1n) is 6.82. The average molecular weight is 242 g/mol. The van der Waals surface area contributed by atoms with Crippen LogP contribution in [0.2, 0.25) is 0 Å². The van der Waals surface area contributed by atoms with Crippen molar-refractivity contribution < 1.29 is 4.42 Å². The summed E-state index contributed by atoms with van der Waals surface area (Å²) in [5.74, 6) is 2.18. The predicted molar refractivity (Wildman–Crippen MR) is 78.8 cm³/mol. The van der Waals surface area contributed by atoms with E-state index in [1.807, 2.05) is 18.2 Å². The number of hydrogen-bond donors (Lipinski definition) is 0. The molecule has 2 aromatic rings. The van der Waals surface area contributed by atoms with Crippen LogP contribution in [0.1, 0.15) is 50.9 Å². The summed E-state index contributed by atoms with van der Waals surface area (Å²) in [6.07, 6.45) is 4.28. The molecule has 18 heavy (non-hydrogen) atoms. The first-order chi connectivity index (χ1) is 8.69. The molecule has 1 aromatic carbocycles. The number of hydrogen-bond acceptors (Lipinski definition) is 1. The molecule has 1 heteroatoms. The van der Waals surface area contributed by atoms with Crippen LogP contribution in [0.5, 0.6) is 0 Å². The monoisotopic (exact) mass is 242 g/mol. The van der Waals surface area contributed by atoms with Crippen molar-refractivity contribution in [3.63, 3.8) is 0 Å². The Bertz CT molecular complexity index is 534. The van der Waals surface area contributed by atoms with Gasteiger partial charge in [0.15, 0.2) is 0 Å². The van der Waals surface area contributed by atoms with E-state index in [9.17, 15) is 0 Å². The summed E-state index contributed by atoms with van der Waals surface area (Å²) in [6, 6.07) is 8.23. The van der Waals surface area contributed by atoms with Crippen LogP contribution in [-0.4, -0.2) is 0 Å². The van der Waals surface area contributed by atoms with Crippen LogP contribution in [0.15, 0.2) is 35.3 Å². The lowest BCUT2D eigenvalue weighted by molar-refractivity contribution is 0.387. The molecule has 0 saturated heterocycles. The minimum Gasteiger partial charge on any atom is -0.460 e. The lowest BCUT2D eigenvalue weighted by atomic mass is 9.87. The summed E-state index contributed by atoms with van der Waals surface area (Å²) in [5, 5.41) is 1.18. The van der Waals surface area contributed by atoms with Gasteiger partial charge in [0.25, 0.3) is 0 Å². The molecule has 0 aliphatic carbocycles. The smallest absolute Gasteiger partial charge is 0.134 e. The Morgan fingerprint density at radius 2 is 2.00 bits per heavy atom. The molecule has 1 unspecified atom stereocenters. The van der Waals surface area contributed by atoms with Crippen molar-refractivity contribution in [3.8, 4) is 0 Å². The Morgan fingerprint density at radius 3 is 2.61 bits per heavy atom. The topological polar surface area (TPSA) is 13.1 Å². The molecule has 1 atom stereocenters. The van der Waals surface area contributed by atoms with E-state index in [1.165, 1.54) is 23.8 Å². The highest BCUT2D eigenvalue weighted by atomic mass is 16.3. The highest BCUT2D eigenvalue weighted by molar-refractivity contribution is 5.88. The zero-order chi connectivity index (χ0) is 13.1.